The SMILES string of the molecule is NC(=O)[C@@H](CO)NC(=O)c1ccc[n+](Cc2ccccc2)c1. The van der Waals surface area contributed by atoms with E-state index in [0.29, 0.717) is 12.1 Å². The number of pyridine rings is 1. The zero-order chi connectivity index (χ0) is 15.9. The number of aliphatic hydroxyl groups excluding tert-OH is 1. The molecule has 0 radical (unpaired) electrons. The number of nitrogens with one attached hydrogen (secondary N) is 1. The number of nitrogens with two attached hydrogens (primary N) is 1. The Morgan fingerprint density at radius 1 is 1.18 bits per heavy atom. The van der Waals surface area contributed by atoms with Gasteiger partial charge >= 0.3 is 0 Å². The Kier molecular flexibility index (Phi) is 5.21. The van der Waals surface area contributed by atoms with Crippen molar-refractivity contribution in [2.75, 3.05) is 6.61 Å². The molecule has 4 N–H and O–H groups in total. The summed E-state index contributed by atoms with van der Waals surface area (Å²) in [5.41, 5.74) is 6.58. The third-order valence-corrected chi connectivity index (χ3v) is 3.16. The second-order valence-electron chi connectivity index (χ2n) is 4.86. The highest BCUT2D eigenvalue weighted by molar-refractivity contribution is 5.96. The van der Waals surface area contributed by atoms with E-state index in [0.717, 1.165) is 5.56 Å². The van der Waals surface area contributed by atoms with Crippen LogP contribution >= 0.6 is 0 Å². The molecule has 0 bridgehead atoms. The van der Waals surface area contributed by atoms with Gasteiger partial charge in [0.1, 0.15) is 11.6 Å². The van der Waals surface area contributed by atoms with Gasteiger partial charge in [0.2, 0.25) is 5.91 Å². The van der Waals surface area contributed by atoms with E-state index in [-0.39, 0.29) is 0 Å². The van der Waals surface area contributed by atoms with Gasteiger partial charge in [-0.1, -0.05) is 30.3 Å². The summed E-state index contributed by atoms with van der Waals surface area (Å²) in [7, 11) is 0. The second kappa shape index (κ2) is 7.33. The fraction of sp³-hybridized carbons (Fsp3) is 0.188. The third-order valence-electron chi connectivity index (χ3n) is 3.16. The smallest absolute Gasteiger partial charge is 0.258 e. The van der Waals surface area contributed by atoms with Crippen molar-refractivity contribution in [3.05, 3.63) is 66.0 Å². The van der Waals surface area contributed by atoms with Crippen LogP contribution in [-0.2, 0) is 11.3 Å². The predicted molar refractivity (Wildman–Crippen MR) is 79.7 cm³/mol. The number of amides is 2. The van der Waals surface area contributed by atoms with Crippen LogP contribution in [0, 0.1) is 0 Å². The second-order valence-corrected chi connectivity index (χ2v) is 4.86. The summed E-state index contributed by atoms with van der Waals surface area (Å²) in [6.45, 7) is 0.0964. The van der Waals surface area contributed by atoms with Crippen LogP contribution in [0.25, 0.3) is 0 Å². The van der Waals surface area contributed by atoms with Gasteiger partial charge in [0.25, 0.3) is 5.91 Å². The van der Waals surface area contributed by atoms with Crippen molar-refractivity contribution in [2.45, 2.75) is 12.6 Å². The molecule has 0 spiro atoms. The number of benzene rings is 1. The molecule has 0 saturated carbocycles. The topological polar surface area (TPSA) is 96.3 Å². The Morgan fingerprint density at radius 2 is 1.91 bits per heavy atom. The van der Waals surface area contributed by atoms with Gasteiger partial charge in [0.05, 0.1) is 6.61 Å². The van der Waals surface area contributed by atoms with Crippen LogP contribution in [-0.4, -0.2) is 29.6 Å². The minimum Gasteiger partial charge on any atom is -0.394 e. The number of aliphatic hydroxyl groups is 1. The van der Waals surface area contributed by atoms with Crippen LogP contribution < -0.4 is 15.6 Å². The monoisotopic (exact) mass is 300 g/mol. The molecule has 0 aliphatic carbocycles. The molecule has 1 aromatic carbocycles. The summed E-state index contributed by atoms with van der Waals surface area (Å²) in [6.07, 6.45) is 3.53. The molecule has 2 amide bonds. The first kappa shape index (κ1) is 15.7. The summed E-state index contributed by atoms with van der Waals surface area (Å²) >= 11 is 0. The maximum absolute atomic E-state index is 12.1. The average Bonchev–Trinajstić information content (AvgIpc) is 2.53. The molecule has 114 valence electrons. The summed E-state index contributed by atoms with van der Waals surface area (Å²) in [6, 6.07) is 12.1. The molecule has 6 heteroatoms. The van der Waals surface area contributed by atoms with Crippen LogP contribution in [0.2, 0.25) is 0 Å². The minimum atomic E-state index is -1.09. The lowest BCUT2D eigenvalue weighted by Crippen LogP contribution is -2.47. The Balaban J connectivity index is 2.11. The van der Waals surface area contributed by atoms with Gasteiger partial charge in [-0.25, -0.2) is 0 Å². The molecule has 2 rings (SSSR count). The van der Waals surface area contributed by atoms with Crippen LogP contribution in [0.5, 0.6) is 0 Å². The van der Waals surface area contributed by atoms with E-state index in [1.54, 1.807) is 18.3 Å². The quantitative estimate of drug-likeness (QED) is 0.633. The fourth-order valence-corrected chi connectivity index (χ4v) is 2.00. The minimum absolute atomic E-state index is 0.387. The Morgan fingerprint density at radius 3 is 2.55 bits per heavy atom. The van der Waals surface area contributed by atoms with Gasteiger partial charge < -0.3 is 16.2 Å². The predicted octanol–water partition coefficient (Wildman–Crippen LogP) is -0.402. The summed E-state index contributed by atoms with van der Waals surface area (Å²) in [5.74, 6) is -1.23. The van der Waals surface area contributed by atoms with Crippen molar-refractivity contribution in [1.82, 2.24) is 5.32 Å². The van der Waals surface area contributed by atoms with Gasteiger partial charge in [0, 0.05) is 11.6 Å². The van der Waals surface area contributed by atoms with Gasteiger partial charge in [0.15, 0.2) is 18.9 Å². The van der Waals surface area contributed by atoms with Crippen molar-refractivity contribution in [3.8, 4) is 0 Å². The molecule has 0 aliphatic heterocycles. The lowest BCUT2D eigenvalue weighted by atomic mass is 10.2. The molecule has 1 atom stereocenters. The molecule has 1 heterocycles. The van der Waals surface area contributed by atoms with Crippen molar-refractivity contribution >= 4 is 11.8 Å². The van der Waals surface area contributed by atoms with Gasteiger partial charge in [-0.2, -0.15) is 4.57 Å². The van der Waals surface area contributed by atoms with E-state index >= 15 is 0 Å². The molecule has 0 aliphatic rings. The van der Waals surface area contributed by atoms with Crippen LogP contribution in [0.1, 0.15) is 15.9 Å². The van der Waals surface area contributed by atoms with Gasteiger partial charge in [-0.15, -0.1) is 0 Å². The molecule has 1 aromatic heterocycles. The maximum atomic E-state index is 12.1. The average molecular weight is 300 g/mol. The third kappa shape index (κ3) is 4.13. The lowest BCUT2D eigenvalue weighted by Gasteiger charge is -2.11. The van der Waals surface area contributed by atoms with Crippen LogP contribution in [0.4, 0.5) is 0 Å². The molecular weight excluding hydrogens is 282 g/mol. The summed E-state index contributed by atoms with van der Waals surface area (Å²) in [4.78, 5) is 23.1. The number of primary amides is 1. The van der Waals surface area contributed by atoms with E-state index < -0.39 is 24.5 Å². The normalized spacial score (nSPS) is 11.7. The number of aromatic nitrogens is 1. The van der Waals surface area contributed by atoms with E-state index in [4.69, 9.17) is 10.8 Å². The van der Waals surface area contributed by atoms with Crippen molar-refractivity contribution in [1.29, 1.82) is 0 Å². The Labute approximate surface area is 128 Å². The van der Waals surface area contributed by atoms with E-state index in [1.165, 1.54) is 0 Å². The number of carbonyl (C=O) groups is 2. The molecular formula is C16H18N3O3+. The molecule has 2 aromatic rings. The van der Waals surface area contributed by atoms with Gasteiger partial charge in [-0.05, 0) is 6.07 Å². The summed E-state index contributed by atoms with van der Waals surface area (Å²) < 4.78 is 1.86. The number of hydrogen-bond donors (Lipinski definition) is 3. The maximum Gasteiger partial charge on any atom is 0.258 e. The molecule has 0 saturated heterocycles. The van der Waals surface area contributed by atoms with Crippen molar-refractivity contribution < 1.29 is 19.3 Å². The molecule has 6 nitrogen and oxygen atoms in total. The first-order valence-electron chi connectivity index (χ1n) is 6.84. The highest BCUT2D eigenvalue weighted by Crippen LogP contribution is 2.00. The number of hydrogen-bond acceptors (Lipinski definition) is 3. The summed E-state index contributed by atoms with van der Waals surface area (Å²) in [5, 5.41) is 11.4. The zero-order valence-electron chi connectivity index (χ0n) is 12.0. The van der Waals surface area contributed by atoms with Crippen molar-refractivity contribution in [3.63, 3.8) is 0 Å². The fourth-order valence-electron chi connectivity index (χ4n) is 2.00. The Bertz CT molecular complexity index is 659. The first-order chi connectivity index (χ1) is 10.6. The van der Waals surface area contributed by atoms with Crippen molar-refractivity contribution in [2.24, 2.45) is 5.73 Å². The van der Waals surface area contributed by atoms with E-state index in [2.05, 4.69) is 5.32 Å². The Hall–Kier alpha value is -2.73. The largest absolute Gasteiger partial charge is 0.394 e. The zero-order valence-corrected chi connectivity index (χ0v) is 12.0. The molecule has 0 fully saturated rings. The number of rotatable bonds is 6. The number of carbonyl (C=O) groups excluding carboxylic acids is 2. The highest BCUT2D eigenvalue weighted by atomic mass is 16.3. The first-order valence-corrected chi connectivity index (χ1v) is 6.84. The van der Waals surface area contributed by atoms with E-state index in [9.17, 15) is 9.59 Å². The molecule has 22 heavy (non-hydrogen) atoms. The molecule has 0 unspecified atom stereocenters. The standard InChI is InChI=1S/C16H17N3O3/c17-15(21)14(11-20)18-16(22)13-7-4-8-19(10-13)9-12-5-2-1-3-6-12/h1-8,10,14,20H,9,11H2,(H2-,17,18,21,22)/p+1/t14-/m1/s1. The van der Waals surface area contributed by atoms with Crippen LogP contribution in [0.3, 0.4) is 0 Å². The number of nitrogens with zero attached hydrogens (tertiary/aromatic N) is 1. The highest BCUT2D eigenvalue weighted by Gasteiger charge is 2.19. The van der Waals surface area contributed by atoms with E-state index in [1.807, 2.05) is 41.1 Å². The van der Waals surface area contributed by atoms with Crippen LogP contribution in [0.15, 0.2) is 54.9 Å². The van der Waals surface area contributed by atoms with Gasteiger partial charge in [-0.3, -0.25) is 9.59 Å². The lowest BCUT2D eigenvalue weighted by molar-refractivity contribution is -0.688.